The molecule has 0 atom stereocenters. The fraction of sp³-hybridized carbons (Fsp3) is 0.250. The zero-order valence-corrected chi connectivity index (χ0v) is 21.0. The number of hydrogen-bond acceptors (Lipinski definition) is 3. The Morgan fingerprint density at radius 3 is 2.30 bits per heavy atom. The van der Waals surface area contributed by atoms with Crippen molar-refractivity contribution in [3.8, 4) is 5.75 Å². The Balaban J connectivity index is 0.000000819. The molecular weight excluding hydrogens is 426 g/mol. The van der Waals surface area contributed by atoms with Gasteiger partial charge in [0.2, 0.25) is 0 Å². The first-order valence-electron chi connectivity index (χ1n) is 11.1. The van der Waals surface area contributed by atoms with Gasteiger partial charge in [0.1, 0.15) is 12.4 Å². The second-order valence-electron chi connectivity index (χ2n) is 7.05. The van der Waals surface area contributed by atoms with Gasteiger partial charge in [0.15, 0.2) is 5.11 Å². The lowest BCUT2D eigenvalue weighted by atomic mass is 10.1. The molecule has 3 rings (SSSR count). The van der Waals surface area contributed by atoms with Crippen LogP contribution in [0.4, 0.5) is 5.69 Å². The van der Waals surface area contributed by atoms with Crippen LogP contribution in [0.3, 0.4) is 0 Å². The third-order valence-corrected chi connectivity index (χ3v) is 4.80. The molecule has 0 fully saturated rings. The molecule has 0 aliphatic carbocycles. The molecule has 0 aromatic heterocycles. The number of rotatable bonds is 7. The predicted molar refractivity (Wildman–Crippen MR) is 150 cm³/mol. The number of allylic oxidation sites excluding steroid dienone is 2. The highest BCUT2D eigenvalue weighted by atomic mass is 32.1. The molecule has 176 valence electrons. The average Bonchev–Trinajstić information content (AvgIpc) is 3.25. The van der Waals surface area contributed by atoms with E-state index in [0.717, 1.165) is 42.1 Å². The Morgan fingerprint density at radius 1 is 1.06 bits per heavy atom. The summed E-state index contributed by atoms with van der Waals surface area (Å²) in [4.78, 5) is 2.31. The molecule has 2 aromatic carbocycles. The Labute approximate surface area is 205 Å². The van der Waals surface area contributed by atoms with Crippen LogP contribution in [0.5, 0.6) is 5.75 Å². The lowest BCUT2D eigenvalue weighted by Gasteiger charge is -2.23. The van der Waals surface area contributed by atoms with Crippen molar-refractivity contribution in [3.63, 3.8) is 0 Å². The highest BCUT2D eigenvalue weighted by Gasteiger charge is 2.16. The Morgan fingerprint density at radius 2 is 1.70 bits per heavy atom. The van der Waals surface area contributed by atoms with E-state index in [0.29, 0.717) is 11.7 Å². The number of nitrogens with one attached hydrogen (secondary N) is 2. The number of fused-ring (bicyclic) bond motifs is 1. The van der Waals surface area contributed by atoms with Gasteiger partial charge in [-0.15, -0.1) is 13.2 Å². The zero-order valence-electron chi connectivity index (χ0n) is 20.1. The third-order valence-electron chi connectivity index (χ3n) is 4.54. The number of hydrogen-bond donors (Lipinski definition) is 2. The summed E-state index contributed by atoms with van der Waals surface area (Å²) in [6.45, 7) is 19.6. The van der Waals surface area contributed by atoms with Crippen molar-refractivity contribution in [2.24, 2.45) is 0 Å². The van der Waals surface area contributed by atoms with Crippen LogP contribution in [0.15, 0.2) is 86.6 Å². The third kappa shape index (κ3) is 9.79. The van der Waals surface area contributed by atoms with E-state index in [1.807, 2.05) is 44.3 Å². The van der Waals surface area contributed by atoms with Crippen LogP contribution in [0.2, 0.25) is 0 Å². The second-order valence-corrected chi connectivity index (χ2v) is 7.45. The molecule has 0 bridgehead atoms. The summed E-state index contributed by atoms with van der Waals surface area (Å²) in [5, 5.41) is 7.04. The summed E-state index contributed by atoms with van der Waals surface area (Å²) in [6.07, 6.45) is 7.28. The molecule has 5 heteroatoms. The fourth-order valence-electron chi connectivity index (χ4n) is 3.01. The van der Waals surface area contributed by atoms with Crippen molar-refractivity contribution >= 4 is 34.7 Å². The molecule has 0 unspecified atom stereocenters. The summed E-state index contributed by atoms with van der Waals surface area (Å²) in [6, 6.07) is 16.4. The summed E-state index contributed by atoms with van der Waals surface area (Å²) in [7, 11) is 0. The average molecular weight is 464 g/mol. The molecule has 0 spiro atoms. The Kier molecular flexibility index (Phi) is 13.7. The fourth-order valence-corrected chi connectivity index (χ4v) is 3.17. The maximum Gasteiger partial charge on any atom is 0.170 e. The number of nitrogens with zero attached hydrogens (tertiary/aromatic N) is 1. The van der Waals surface area contributed by atoms with E-state index in [9.17, 15) is 0 Å². The van der Waals surface area contributed by atoms with Gasteiger partial charge in [0.25, 0.3) is 0 Å². The summed E-state index contributed by atoms with van der Waals surface area (Å²) in [5.74, 6) is 0.922. The number of thiocarbonyl (C=S) groups is 1. The topological polar surface area (TPSA) is 36.5 Å². The lowest BCUT2D eigenvalue weighted by molar-refractivity contribution is 0.388. The van der Waals surface area contributed by atoms with Crippen molar-refractivity contribution in [2.75, 3.05) is 31.1 Å². The van der Waals surface area contributed by atoms with Crippen LogP contribution in [0.25, 0.3) is 11.6 Å². The first-order chi connectivity index (χ1) is 16.0. The minimum Gasteiger partial charge on any atom is -0.488 e. The minimum atomic E-state index is 0.569. The van der Waals surface area contributed by atoms with Gasteiger partial charge >= 0.3 is 0 Å². The van der Waals surface area contributed by atoms with E-state index in [1.54, 1.807) is 12.2 Å². The number of para-hydroxylation sites is 1. The van der Waals surface area contributed by atoms with Crippen molar-refractivity contribution in [1.29, 1.82) is 0 Å². The van der Waals surface area contributed by atoms with Crippen LogP contribution in [0, 0.1) is 0 Å². The van der Waals surface area contributed by atoms with Gasteiger partial charge in [0.05, 0.1) is 0 Å². The summed E-state index contributed by atoms with van der Waals surface area (Å²) < 4.78 is 5.65. The molecular formula is C28H37N3OS. The largest absolute Gasteiger partial charge is 0.488 e. The van der Waals surface area contributed by atoms with E-state index in [1.165, 1.54) is 5.69 Å². The minimum absolute atomic E-state index is 0.569. The standard InChI is InChI=1S/C22H25N3OS.2C3H6/c1-3-17-9-11-19(12-10-17)25(4-2)14-13-23-22(27)24-15-18-16-26-21-8-6-5-7-20(18)21;2*1-3-2/h3,5-12,15H,1,4,13-14,16H2,2H3,(H2,23,24,27);2*3H,1H2,2H3/b18-15-;;. The van der Waals surface area contributed by atoms with Crippen molar-refractivity contribution in [3.05, 3.63) is 97.7 Å². The zero-order chi connectivity index (χ0) is 24.5. The monoisotopic (exact) mass is 463 g/mol. The smallest absolute Gasteiger partial charge is 0.170 e. The molecule has 1 aliphatic rings. The van der Waals surface area contributed by atoms with Gasteiger partial charge in [-0.2, -0.15) is 0 Å². The maximum atomic E-state index is 5.65. The van der Waals surface area contributed by atoms with Gasteiger partial charge in [-0.3, -0.25) is 0 Å². The molecule has 33 heavy (non-hydrogen) atoms. The van der Waals surface area contributed by atoms with Crippen LogP contribution < -0.4 is 20.3 Å². The van der Waals surface area contributed by atoms with E-state index < -0.39 is 0 Å². The quantitative estimate of drug-likeness (QED) is 0.365. The number of likely N-dealkylation sites (N-methyl/N-ethyl adjacent to an activating group) is 1. The first-order valence-corrected chi connectivity index (χ1v) is 11.5. The molecule has 0 radical (unpaired) electrons. The van der Waals surface area contributed by atoms with E-state index in [4.69, 9.17) is 17.0 Å². The Hall–Kier alpha value is -3.31. The molecule has 2 aromatic rings. The van der Waals surface area contributed by atoms with Gasteiger partial charge < -0.3 is 20.3 Å². The molecule has 2 N–H and O–H groups in total. The highest BCUT2D eigenvalue weighted by Crippen LogP contribution is 2.31. The SMILES string of the molecule is C=CC.C=CC.C=Cc1ccc(N(CC)CCNC(=S)N/C=C2/COc3ccccc32)cc1. The molecule has 0 saturated heterocycles. The van der Waals surface area contributed by atoms with Gasteiger partial charge in [-0.05, 0) is 56.8 Å². The van der Waals surface area contributed by atoms with Gasteiger partial charge in [-0.1, -0.05) is 55.1 Å². The van der Waals surface area contributed by atoms with Crippen molar-refractivity contribution in [1.82, 2.24) is 10.6 Å². The van der Waals surface area contributed by atoms with Crippen LogP contribution >= 0.6 is 12.2 Å². The second kappa shape index (κ2) is 16.3. The van der Waals surface area contributed by atoms with E-state index >= 15 is 0 Å². The van der Waals surface area contributed by atoms with Crippen LogP contribution in [-0.4, -0.2) is 31.4 Å². The van der Waals surface area contributed by atoms with E-state index in [2.05, 4.69) is 72.5 Å². The van der Waals surface area contributed by atoms with Gasteiger partial charge in [-0.25, -0.2) is 0 Å². The normalized spacial score (nSPS) is 11.9. The predicted octanol–water partition coefficient (Wildman–Crippen LogP) is 6.44. The lowest BCUT2D eigenvalue weighted by Crippen LogP contribution is -2.38. The summed E-state index contributed by atoms with van der Waals surface area (Å²) >= 11 is 5.39. The number of ether oxygens (including phenoxy) is 1. The van der Waals surface area contributed by atoms with Crippen LogP contribution in [-0.2, 0) is 0 Å². The molecule has 0 saturated carbocycles. The van der Waals surface area contributed by atoms with Crippen LogP contribution in [0.1, 0.15) is 31.9 Å². The molecule has 1 heterocycles. The number of anilines is 1. The first kappa shape index (κ1) is 27.7. The maximum absolute atomic E-state index is 5.65. The van der Waals surface area contributed by atoms with E-state index in [-0.39, 0.29) is 0 Å². The highest BCUT2D eigenvalue weighted by molar-refractivity contribution is 7.80. The molecule has 0 amide bonds. The number of benzene rings is 2. The van der Waals surface area contributed by atoms with Gasteiger partial charge in [0, 0.05) is 42.7 Å². The Bertz CT molecular complexity index is 913. The molecule has 4 nitrogen and oxygen atoms in total. The van der Waals surface area contributed by atoms with Crippen molar-refractivity contribution in [2.45, 2.75) is 20.8 Å². The van der Waals surface area contributed by atoms with Crippen molar-refractivity contribution < 1.29 is 4.74 Å². The summed E-state index contributed by atoms with van der Waals surface area (Å²) in [5.41, 5.74) is 4.55. The molecule has 1 aliphatic heterocycles.